The van der Waals surface area contributed by atoms with E-state index in [9.17, 15) is 4.79 Å². The van der Waals surface area contributed by atoms with E-state index < -0.39 is 0 Å². The number of nitrogens with zero attached hydrogens (tertiary/aromatic N) is 1. The minimum Gasteiger partial charge on any atom is -0.298 e. The molecule has 0 bridgehead atoms. The van der Waals surface area contributed by atoms with Gasteiger partial charge in [-0.15, -0.1) is 0 Å². The maximum Gasteiger partial charge on any atom is 0.150 e. The van der Waals surface area contributed by atoms with Crippen molar-refractivity contribution in [1.29, 1.82) is 5.26 Å². The zero-order chi connectivity index (χ0) is 9.84. The number of aldehydes is 1. The molecule has 0 aromatic heterocycles. The number of rotatable bonds is 2. The molecule has 0 heterocycles. The summed E-state index contributed by atoms with van der Waals surface area (Å²) in [6, 6.07) is 5.28. The summed E-state index contributed by atoms with van der Waals surface area (Å²) in [7, 11) is 0. The maximum absolute atomic E-state index is 10.6. The molecule has 0 aliphatic heterocycles. The highest BCUT2D eigenvalue weighted by Gasteiger charge is 2.08. The summed E-state index contributed by atoms with van der Waals surface area (Å²) < 4.78 is 0.699. The number of benzene rings is 1. The molecule has 0 unspecified atom stereocenters. The van der Waals surface area contributed by atoms with Gasteiger partial charge in [-0.1, -0.05) is 17.7 Å². The van der Waals surface area contributed by atoms with Crippen LogP contribution in [0.15, 0.2) is 16.6 Å². The third kappa shape index (κ3) is 2.09. The van der Waals surface area contributed by atoms with Crippen LogP contribution in [0.3, 0.4) is 0 Å². The number of carbonyl (C=O) groups is 1. The molecule has 0 aliphatic carbocycles. The topological polar surface area (TPSA) is 40.9 Å². The number of nitriles is 1. The smallest absolute Gasteiger partial charge is 0.150 e. The van der Waals surface area contributed by atoms with Crippen LogP contribution in [-0.2, 0) is 6.42 Å². The van der Waals surface area contributed by atoms with Gasteiger partial charge in [-0.25, -0.2) is 0 Å². The second-order valence-corrected chi connectivity index (χ2v) is 3.61. The van der Waals surface area contributed by atoms with Crippen LogP contribution in [0.5, 0.6) is 0 Å². The summed E-state index contributed by atoms with van der Waals surface area (Å²) in [5, 5.41) is 8.95. The minimum atomic E-state index is 0.145. The minimum absolute atomic E-state index is 0.145. The fraction of sp³-hybridized carbons (Fsp3) is 0.111. The summed E-state index contributed by atoms with van der Waals surface area (Å²) >= 11 is 9.12. The van der Waals surface area contributed by atoms with Crippen LogP contribution < -0.4 is 0 Å². The number of hydrogen-bond donors (Lipinski definition) is 0. The Morgan fingerprint density at radius 2 is 2.31 bits per heavy atom. The maximum atomic E-state index is 10.6. The van der Waals surface area contributed by atoms with E-state index in [1.807, 2.05) is 6.07 Å². The third-order valence-electron chi connectivity index (χ3n) is 1.62. The van der Waals surface area contributed by atoms with Gasteiger partial charge in [0.15, 0.2) is 0 Å². The van der Waals surface area contributed by atoms with Crippen molar-refractivity contribution >= 4 is 33.8 Å². The Morgan fingerprint density at radius 1 is 1.62 bits per heavy atom. The Morgan fingerprint density at radius 3 is 2.85 bits per heavy atom. The van der Waals surface area contributed by atoms with E-state index in [-0.39, 0.29) is 6.42 Å². The molecular weight excluding hydrogens is 253 g/mol. The molecule has 0 saturated heterocycles. The summed E-state index contributed by atoms with van der Waals surface area (Å²) in [5.74, 6) is 0. The molecule has 13 heavy (non-hydrogen) atoms. The molecule has 0 amide bonds. The largest absolute Gasteiger partial charge is 0.298 e. The Balaban J connectivity index is 3.33. The van der Waals surface area contributed by atoms with Crippen LogP contribution in [-0.4, -0.2) is 6.29 Å². The average Bonchev–Trinajstić information content (AvgIpc) is 2.14. The standard InChI is InChI=1S/C9H5BrClNO/c10-8-2-1-6(5-13)7(3-4-12)9(8)11/h1-2,5H,3H2. The van der Waals surface area contributed by atoms with E-state index in [1.165, 1.54) is 0 Å². The van der Waals surface area contributed by atoms with E-state index in [0.717, 1.165) is 0 Å². The van der Waals surface area contributed by atoms with Crippen molar-refractivity contribution in [3.05, 3.63) is 32.8 Å². The quantitative estimate of drug-likeness (QED) is 0.765. The Bertz CT molecular complexity index is 384. The third-order valence-corrected chi connectivity index (χ3v) is 2.94. The van der Waals surface area contributed by atoms with Crippen molar-refractivity contribution in [3.63, 3.8) is 0 Å². The lowest BCUT2D eigenvalue weighted by molar-refractivity contribution is 0.112. The molecule has 2 nitrogen and oxygen atoms in total. The van der Waals surface area contributed by atoms with Crippen molar-refractivity contribution in [2.45, 2.75) is 6.42 Å². The van der Waals surface area contributed by atoms with E-state index >= 15 is 0 Å². The summed E-state index contributed by atoms with van der Waals surface area (Å²) in [6.07, 6.45) is 0.845. The monoisotopic (exact) mass is 257 g/mol. The zero-order valence-electron chi connectivity index (χ0n) is 6.55. The molecule has 0 N–H and O–H groups in total. The first-order chi connectivity index (χ1) is 6.20. The van der Waals surface area contributed by atoms with E-state index in [0.29, 0.717) is 26.9 Å². The first kappa shape index (κ1) is 10.2. The molecule has 0 atom stereocenters. The fourth-order valence-corrected chi connectivity index (χ4v) is 1.59. The fourth-order valence-electron chi connectivity index (χ4n) is 0.977. The SMILES string of the molecule is N#CCc1c(C=O)ccc(Br)c1Cl. The first-order valence-electron chi connectivity index (χ1n) is 3.49. The Hall–Kier alpha value is -0.850. The van der Waals surface area contributed by atoms with Gasteiger partial charge in [-0.3, -0.25) is 4.79 Å². The molecule has 0 spiro atoms. The Labute approximate surface area is 89.3 Å². The van der Waals surface area contributed by atoms with Crippen LogP contribution in [0, 0.1) is 11.3 Å². The average molecular weight is 259 g/mol. The highest BCUT2D eigenvalue weighted by Crippen LogP contribution is 2.28. The lowest BCUT2D eigenvalue weighted by Crippen LogP contribution is -1.93. The van der Waals surface area contributed by atoms with Crippen molar-refractivity contribution in [1.82, 2.24) is 0 Å². The molecule has 0 saturated carbocycles. The molecule has 0 radical (unpaired) electrons. The van der Waals surface area contributed by atoms with Gasteiger partial charge in [-0.05, 0) is 27.6 Å². The molecule has 1 aromatic rings. The number of halogens is 2. The number of carbonyl (C=O) groups excluding carboxylic acids is 1. The molecule has 4 heteroatoms. The highest BCUT2D eigenvalue weighted by atomic mass is 79.9. The molecular formula is C9H5BrClNO. The zero-order valence-corrected chi connectivity index (χ0v) is 8.89. The number of hydrogen-bond acceptors (Lipinski definition) is 2. The van der Waals surface area contributed by atoms with Crippen molar-refractivity contribution in [2.75, 3.05) is 0 Å². The van der Waals surface area contributed by atoms with Crippen LogP contribution in [0.2, 0.25) is 5.02 Å². The van der Waals surface area contributed by atoms with Gasteiger partial charge in [0.1, 0.15) is 6.29 Å². The van der Waals surface area contributed by atoms with Crippen molar-refractivity contribution < 1.29 is 4.79 Å². The molecule has 1 rings (SSSR count). The highest BCUT2D eigenvalue weighted by molar-refractivity contribution is 9.10. The summed E-state index contributed by atoms with van der Waals surface area (Å²) in [4.78, 5) is 10.6. The van der Waals surface area contributed by atoms with E-state index in [4.69, 9.17) is 16.9 Å². The first-order valence-corrected chi connectivity index (χ1v) is 4.66. The van der Waals surface area contributed by atoms with Crippen molar-refractivity contribution in [2.24, 2.45) is 0 Å². The molecule has 0 aliphatic rings. The van der Waals surface area contributed by atoms with Gasteiger partial charge in [0.2, 0.25) is 0 Å². The van der Waals surface area contributed by atoms with Gasteiger partial charge >= 0.3 is 0 Å². The summed E-state index contributed by atoms with van der Waals surface area (Å²) in [6.45, 7) is 0. The van der Waals surface area contributed by atoms with Crippen LogP contribution >= 0.6 is 27.5 Å². The van der Waals surface area contributed by atoms with Gasteiger partial charge in [0.25, 0.3) is 0 Å². The summed E-state index contributed by atoms with van der Waals surface area (Å²) in [5.41, 5.74) is 1.04. The van der Waals surface area contributed by atoms with Crippen LogP contribution in [0.25, 0.3) is 0 Å². The van der Waals surface area contributed by atoms with E-state index in [2.05, 4.69) is 15.9 Å². The van der Waals surface area contributed by atoms with E-state index in [1.54, 1.807) is 12.1 Å². The van der Waals surface area contributed by atoms with Gasteiger partial charge in [0.05, 0.1) is 17.5 Å². The van der Waals surface area contributed by atoms with Crippen LogP contribution in [0.4, 0.5) is 0 Å². The predicted octanol–water partition coefficient (Wildman–Crippen LogP) is 2.98. The molecule has 1 aromatic carbocycles. The van der Waals surface area contributed by atoms with Gasteiger partial charge < -0.3 is 0 Å². The molecule has 0 fully saturated rings. The lowest BCUT2D eigenvalue weighted by atomic mass is 10.1. The Kier molecular flexibility index (Phi) is 3.47. The predicted molar refractivity (Wildman–Crippen MR) is 53.9 cm³/mol. The molecule has 66 valence electrons. The normalized spacial score (nSPS) is 9.31. The van der Waals surface area contributed by atoms with Gasteiger partial charge in [0, 0.05) is 10.0 Å². The second kappa shape index (κ2) is 4.40. The second-order valence-electron chi connectivity index (χ2n) is 2.38. The van der Waals surface area contributed by atoms with Gasteiger partial charge in [-0.2, -0.15) is 5.26 Å². The lowest BCUT2D eigenvalue weighted by Gasteiger charge is -2.04. The van der Waals surface area contributed by atoms with Crippen molar-refractivity contribution in [3.8, 4) is 6.07 Å². The van der Waals surface area contributed by atoms with Crippen LogP contribution in [0.1, 0.15) is 15.9 Å².